The smallest absolute Gasteiger partial charge is 0.330 e. The Labute approximate surface area is 119 Å². The van der Waals surface area contributed by atoms with Crippen LogP contribution in [0.2, 0.25) is 0 Å². The summed E-state index contributed by atoms with van der Waals surface area (Å²) >= 11 is 0. The second-order valence-corrected chi connectivity index (χ2v) is 4.31. The Morgan fingerprint density at radius 1 is 1.38 bits per heavy atom. The molecule has 2 aromatic rings. The molecule has 7 nitrogen and oxygen atoms in total. The highest BCUT2D eigenvalue weighted by molar-refractivity contribution is 5.99. The Balaban J connectivity index is 2.34. The van der Waals surface area contributed by atoms with Crippen molar-refractivity contribution in [3.8, 4) is 0 Å². The number of benzene rings is 1. The third-order valence-corrected chi connectivity index (χ3v) is 3.01. The molecule has 0 fully saturated rings. The van der Waals surface area contributed by atoms with E-state index in [1.165, 1.54) is 6.20 Å². The lowest BCUT2D eigenvalue weighted by Crippen LogP contribution is -2.45. The number of H-pyrrole nitrogens is 1. The molecule has 0 aliphatic carbocycles. The number of esters is 1. The molecule has 0 saturated carbocycles. The monoisotopic (exact) mass is 290 g/mol. The van der Waals surface area contributed by atoms with Gasteiger partial charge in [-0.3, -0.25) is 9.59 Å². The SMILES string of the molecule is COC(=O)C(CO)NC(=O)c1c[nH]c2ccccc2c1=O. The summed E-state index contributed by atoms with van der Waals surface area (Å²) in [4.78, 5) is 38.4. The predicted octanol–water partition coefficient (Wildman–Crippen LogP) is -0.208. The maximum absolute atomic E-state index is 12.2. The highest BCUT2D eigenvalue weighted by Gasteiger charge is 2.22. The van der Waals surface area contributed by atoms with Gasteiger partial charge < -0.3 is 20.1 Å². The molecule has 0 spiro atoms. The second-order valence-electron chi connectivity index (χ2n) is 4.31. The van der Waals surface area contributed by atoms with Crippen LogP contribution in [-0.2, 0) is 9.53 Å². The van der Waals surface area contributed by atoms with Crippen LogP contribution in [0.1, 0.15) is 10.4 Å². The summed E-state index contributed by atoms with van der Waals surface area (Å²) < 4.78 is 4.44. The van der Waals surface area contributed by atoms with Gasteiger partial charge in [0.25, 0.3) is 5.91 Å². The van der Waals surface area contributed by atoms with Gasteiger partial charge in [0.15, 0.2) is 6.04 Å². The number of aromatic nitrogens is 1. The fourth-order valence-electron chi connectivity index (χ4n) is 1.89. The first-order valence-electron chi connectivity index (χ1n) is 6.18. The number of carbonyl (C=O) groups is 2. The first kappa shape index (κ1) is 14.7. The number of para-hydroxylation sites is 1. The van der Waals surface area contributed by atoms with Gasteiger partial charge in [-0.05, 0) is 12.1 Å². The van der Waals surface area contributed by atoms with E-state index in [2.05, 4.69) is 15.0 Å². The number of methoxy groups -OCH3 is 1. The zero-order valence-electron chi connectivity index (χ0n) is 11.3. The number of rotatable bonds is 4. The van der Waals surface area contributed by atoms with E-state index in [4.69, 9.17) is 5.11 Å². The molecular weight excluding hydrogens is 276 g/mol. The molecule has 1 amide bonds. The third kappa shape index (κ3) is 2.92. The summed E-state index contributed by atoms with van der Waals surface area (Å²) in [6, 6.07) is 5.54. The molecule has 1 unspecified atom stereocenters. The number of hydrogen-bond donors (Lipinski definition) is 3. The number of amides is 1. The Morgan fingerprint density at radius 2 is 2.10 bits per heavy atom. The number of ether oxygens (including phenoxy) is 1. The molecule has 110 valence electrons. The van der Waals surface area contributed by atoms with Gasteiger partial charge >= 0.3 is 5.97 Å². The molecule has 0 radical (unpaired) electrons. The molecule has 0 aliphatic rings. The second kappa shape index (κ2) is 6.19. The van der Waals surface area contributed by atoms with Crippen molar-refractivity contribution in [1.82, 2.24) is 10.3 Å². The lowest BCUT2D eigenvalue weighted by atomic mass is 10.1. The lowest BCUT2D eigenvalue weighted by molar-refractivity contribution is -0.143. The van der Waals surface area contributed by atoms with Crippen molar-refractivity contribution < 1.29 is 19.4 Å². The average Bonchev–Trinajstić information content (AvgIpc) is 2.52. The van der Waals surface area contributed by atoms with Gasteiger partial charge in [0.1, 0.15) is 5.56 Å². The minimum absolute atomic E-state index is 0.143. The summed E-state index contributed by atoms with van der Waals surface area (Å²) in [7, 11) is 1.14. The first-order valence-corrected chi connectivity index (χ1v) is 6.18. The zero-order chi connectivity index (χ0) is 15.4. The summed E-state index contributed by atoms with van der Waals surface area (Å²) in [5.41, 5.74) is 0.00480. The Hall–Kier alpha value is -2.67. The average molecular weight is 290 g/mol. The summed E-state index contributed by atoms with van der Waals surface area (Å²) in [6.07, 6.45) is 1.27. The van der Waals surface area contributed by atoms with Gasteiger partial charge in [-0.25, -0.2) is 4.79 Å². The largest absolute Gasteiger partial charge is 0.467 e. The summed E-state index contributed by atoms with van der Waals surface area (Å²) in [5, 5.41) is 11.7. The van der Waals surface area contributed by atoms with E-state index < -0.39 is 30.0 Å². The normalized spacial score (nSPS) is 11.9. The van der Waals surface area contributed by atoms with Crippen LogP contribution in [0, 0.1) is 0 Å². The highest BCUT2D eigenvalue weighted by atomic mass is 16.5. The van der Waals surface area contributed by atoms with Crippen LogP contribution in [0.5, 0.6) is 0 Å². The van der Waals surface area contributed by atoms with Gasteiger partial charge in [0.2, 0.25) is 5.43 Å². The van der Waals surface area contributed by atoms with Crippen molar-refractivity contribution in [2.24, 2.45) is 0 Å². The topological polar surface area (TPSA) is 108 Å². The first-order chi connectivity index (χ1) is 10.1. The molecule has 1 aromatic heterocycles. The van der Waals surface area contributed by atoms with Gasteiger partial charge in [-0.15, -0.1) is 0 Å². The van der Waals surface area contributed by atoms with Gasteiger partial charge in [-0.1, -0.05) is 12.1 Å². The van der Waals surface area contributed by atoms with Crippen LogP contribution in [0.3, 0.4) is 0 Å². The Kier molecular flexibility index (Phi) is 4.34. The maximum atomic E-state index is 12.2. The molecule has 0 bridgehead atoms. The molecule has 0 saturated heterocycles. The number of hydrogen-bond acceptors (Lipinski definition) is 5. The van der Waals surface area contributed by atoms with Gasteiger partial charge in [-0.2, -0.15) is 0 Å². The number of aliphatic hydroxyl groups is 1. The van der Waals surface area contributed by atoms with E-state index in [9.17, 15) is 14.4 Å². The molecule has 3 N–H and O–H groups in total. The number of nitrogens with one attached hydrogen (secondary N) is 2. The van der Waals surface area contributed by atoms with Crippen LogP contribution in [0.4, 0.5) is 0 Å². The molecule has 21 heavy (non-hydrogen) atoms. The van der Waals surface area contributed by atoms with Crippen molar-refractivity contribution in [3.63, 3.8) is 0 Å². The number of aromatic amines is 1. The highest BCUT2D eigenvalue weighted by Crippen LogP contribution is 2.07. The number of aliphatic hydroxyl groups excluding tert-OH is 1. The number of fused-ring (bicyclic) bond motifs is 1. The molecule has 1 aromatic carbocycles. The van der Waals surface area contributed by atoms with Crippen molar-refractivity contribution in [1.29, 1.82) is 0 Å². The fourth-order valence-corrected chi connectivity index (χ4v) is 1.89. The molecule has 0 aliphatic heterocycles. The maximum Gasteiger partial charge on any atom is 0.330 e. The Bertz CT molecular complexity index is 737. The Morgan fingerprint density at radius 3 is 2.76 bits per heavy atom. The standard InChI is InChI=1S/C14H14N2O5/c1-21-14(20)11(7-17)16-13(19)9-6-15-10-5-3-2-4-8(10)12(9)18/h2-6,11,17H,7H2,1H3,(H,15,18)(H,16,19). The molecule has 7 heteroatoms. The van der Waals surface area contributed by atoms with Crippen LogP contribution in [0.25, 0.3) is 10.9 Å². The minimum Gasteiger partial charge on any atom is -0.467 e. The van der Waals surface area contributed by atoms with Gasteiger partial charge in [0.05, 0.1) is 13.7 Å². The van der Waals surface area contributed by atoms with Crippen LogP contribution < -0.4 is 10.7 Å². The summed E-state index contributed by atoms with van der Waals surface area (Å²) in [5.74, 6) is -1.55. The predicted molar refractivity (Wildman–Crippen MR) is 74.9 cm³/mol. The fraction of sp³-hybridized carbons (Fsp3) is 0.214. The van der Waals surface area contributed by atoms with Crippen molar-refractivity contribution in [3.05, 3.63) is 46.2 Å². The minimum atomic E-state index is -1.21. The third-order valence-electron chi connectivity index (χ3n) is 3.01. The summed E-state index contributed by atoms with van der Waals surface area (Å²) in [6.45, 7) is -0.621. The quantitative estimate of drug-likeness (QED) is 0.675. The van der Waals surface area contributed by atoms with E-state index in [1.54, 1.807) is 24.3 Å². The molecule has 2 rings (SSSR count). The number of carbonyl (C=O) groups excluding carboxylic acids is 2. The van der Waals surface area contributed by atoms with E-state index in [0.717, 1.165) is 7.11 Å². The van der Waals surface area contributed by atoms with E-state index in [0.29, 0.717) is 10.9 Å². The van der Waals surface area contributed by atoms with E-state index >= 15 is 0 Å². The van der Waals surface area contributed by atoms with Crippen LogP contribution in [0.15, 0.2) is 35.3 Å². The molecular formula is C14H14N2O5. The van der Waals surface area contributed by atoms with Crippen molar-refractivity contribution >= 4 is 22.8 Å². The molecule has 1 atom stereocenters. The molecule has 1 heterocycles. The van der Waals surface area contributed by atoms with E-state index in [1.807, 2.05) is 0 Å². The zero-order valence-corrected chi connectivity index (χ0v) is 11.3. The number of pyridine rings is 1. The van der Waals surface area contributed by atoms with Gasteiger partial charge in [0, 0.05) is 17.1 Å². The van der Waals surface area contributed by atoms with Crippen molar-refractivity contribution in [2.75, 3.05) is 13.7 Å². The van der Waals surface area contributed by atoms with Crippen molar-refractivity contribution in [2.45, 2.75) is 6.04 Å². The lowest BCUT2D eigenvalue weighted by Gasteiger charge is -2.13. The van der Waals surface area contributed by atoms with Crippen LogP contribution >= 0.6 is 0 Å². The van der Waals surface area contributed by atoms with Crippen LogP contribution in [-0.4, -0.2) is 41.7 Å². The van der Waals surface area contributed by atoms with E-state index in [-0.39, 0.29) is 5.56 Å².